The van der Waals surface area contributed by atoms with Gasteiger partial charge < -0.3 is 19.5 Å². The first-order valence-electron chi connectivity index (χ1n) is 3.42. The normalized spacial score (nSPS) is 14.7. The molecule has 0 rings (SSSR count). The van der Waals surface area contributed by atoms with Crippen LogP contribution in [0.25, 0.3) is 0 Å². The molecule has 2 N–H and O–H groups in total. The smallest absolute Gasteiger partial charge is 0.428 e. The molecule has 90 valence electrons. The highest BCUT2D eigenvalue weighted by Crippen LogP contribution is 2.21. The Balaban J connectivity index is 4.47. The lowest BCUT2D eigenvalue weighted by Crippen LogP contribution is -2.40. The van der Waals surface area contributed by atoms with Crippen molar-refractivity contribution in [3.8, 4) is 0 Å². The second kappa shape index (κ2) is 4.79. The summed E-state index contributed by atoms with van der Waals surface area (Å²) in [6, 6.07) is 0. The van der Waals surface area contributed by atoms with Crippen molar-refractivity contribution in [2.45, 2.75) is 11.4 Å². The van der Waals surface area contributed by atoms with Gasteiger partial charge in [0.15, 0.2) is 10.1 Å². The van der Waals surface area contributed by atoms with Crippen LogP contribution in [0, 0.1) is 0 Å². The largest absolute Gasteiger partial charge is 0.743 e. The molecule has 15 heavy (non-hydrogen) atoms. The molecule has 0 amide bonds. The van der Waals surface area contributed by atoms with Crippen molar-refractivity contribution in [2.24, 2.45) is 0 Å². The van der Waals surface area contributed by atoms with Gasteiger partial charge in [0, 0.05) is 0 Å². The first-order chi connectivity index (χ1) is 6.63. The van der Waals surface area contributed by atoms with Crippen LogP contribution in [-0.2, 0) is 19.6 Å². The summed E-state index contributed by atoms with van der Waals surface area (Å²) in [6.45, 7) is -1.91. The van der Waals surface area contributed by atoms with Crippen LogP contribution in [0.1, 0.15) is 0 Å². The quantitative estimate of drug-likeness (QED) is 0.427. The molecule has 0 radical (unpaired) electrons. The van der Waals surface area contributed by atoms with Crippen molar-refractivity contribution in [1.29, 1.82) is 0 Å². The lowest BCUT2D eigenvalue weighted by Gasteiger charge is -2.18. The van der Waals surface area contributed by atoms with Crippen LogP contribution in [-0.4, -0.2) is 53.7 Å². The third-order valence-electron chi connectivity index (χ3n) is 1.17. The maximum Gasteiger partial charge on any atom is 0.428 e. The SMILES string of the molecule is O=C(OCC(O)CO)C(F)(F)S(=O)(=O)[O-]. The fourth-order valence-corrected chi connectivity index (χ4v) is 0.674. The molecule has 0 aromatic heterocycles. The Morgan fingerprint density at radius 2 is 2.00 bits per heavy atom. The van der Waals surface area contributed by atoms with Crippen LogP contribution in [0.3, 0.4) is 0 Å². The van der Waals surface area contributed by atoms with Gasteiger partial charge in [-0.2, -0.15) is 8.78 Å². The highest BCUT2D eigenvalue weighted by atomic mass is 32.2. The van der Waals surface area contributed by atoms with E-state index in [0.717, 1.165) is 0 Å². The number of ether oxygens (including phenoxy) is 1. The minimum Gasteiger partial charge on any atom is -0.743 e. The van der Waals surface area contributed by atoms with E-state index in [9.17, 15) is 26.5 Å². The number of rotatable bonds is 5. The molecule has 7 nitrogen and oxygen atoms in total. The van der Waals surface area contributed by atoms with E-state index in [1.54, 1.807) is 0 Å². The molecular formula is C5H7F2O7S-. The van der Waals surface area contributed by atoms with Gasteiger partial charge in [0.25, 0.3) is 0 Å². The number of carbonyl (C=O) groups excluding carboxylic acids is 1. The highest BCUT2D eigenvalue weighted by molar-refractivity contribution is 7.87. The average Bonchev–Trinajstić information content (AvgIpc) is 2.11. The van der Waals surface area contributed by atoms with Gasteiger partial charge in [0.05, 0.1) is 6.61 Å². The van der Waals surface area contributed by atoms with Crippen molar-refractivity contribution in [3.05, 3.63) is 0 Å². The van der Waals surface area contributed by atoms with Crippen LogP contribution in [0.2, 0.25) is 0 Å². The molecular weight excluding hydrogens is 242 g/mol. The molecule has 0 aliphatic carbocycles. The molecule has 1 atom stereocenters. The maximum atomic E-state index is 12.4. The molecule has 0 bridgehead atoms. The van der Waals surface area contributed by atoms with E-state index in [2.05, 4.69) is 4.74 Å². The van der Waals surface area contributed by atoms with E-state index in [-0.39, 0.29) is 0 Å². The minimum absolute atomic E-state index is 0.872. The number of esters is 1. The second-order valence-electron chi connectivity index (χ2n) is 2.41. The fourth-order valence-electron chi connectivity index (χ4n) is 0.411. The molecule has 0 aromatic rings. The molecule has 0 saturated heterocycles. The predicted octanol–water partition coefficient (Wildman–Crippen LogP) is -1.98. The van der Waals surface area contributed by atoms with E-state index in [1.165, 1.54) is 0 Å². The van der Waals surface area contributed by atoms with Crippen LogP contribution in [0.4, 0.5) is 8.78 Å². The number of halogens is 2. The van der Waals surface area contributed by atoms with E-state index in [0.29, 0.717) is 0 Å². The predicted molar refractivity (Wildman–Crippen MR) is 38.7 cm³/mol. The summed E-state index contributed by atoms with van der Waals surface area (Å²) >= 11 is 0. The molecule has 0 fully saturated rings. The zero-order valence-electron chi connectivity index (χ0n) is 7.09. The summed E-state index contributed by atoms with van der Waals surface area (Å²) in [5.74, 6) is -2.59. The van der Waals surface area contributed by atoms with Crippen LogP contribution in [0.15, 0.2) is 0 Å². The molecule has 0 spiro atoms. The summed E-state index contributed by atoms with van der Waals surface area (Å²) in [6.07, 6.45) is -1.63. The van der Waals surface area contributed by atoms with E-state index in [1.807, 2.05) is 0 Å². The number of aliphatic hydroxyl groups is 2. The first kappa shape index (κ1) is 14.2. The number of carbonyl (C=O) groups is 1. The molecule has 10 heteroatoms. The topological polar surface area (TPSA) is 124 Å². The molecule has 0 heterocycles. The van der Waals surface area contributed by atoms with E-state index < -0.39 is 40.7 Å². The summed E-state index contributed by atoms with van der Waals surface area (Å²) in [5, 5.41) is 11.6. The molecule has 0 saturated carbocycles. The first-order valence-corrected chi connectivity index (χ1v) is 4.83. The van der Waals surface area contributed by atoms with Gasteiger partial charge in [-0.05, 0) is 0 Å². The zero-order valence-corrected chi connectivity index (χ0v) is 7.91. The summed E-state index contributed by atoms with van der Waals surface area (Å²) < 4.78 is 58.0. The molecule has 0 aliphatic heterocycles. The van der Waals surface area contributed by atoms with Crippen molar-refractivity contribution in [1.82, 2.24) is 0 Å². The summed E-state index contributed by atoms with van der Waals surface area (Å²) in [4.78, 5) is 10.4. The van der Waals surface area contributed by atoms with Crippen LogP contribution < -0.4 is 0 Å². The Bertz CT molecular complexity index is 324. The Labute approximate surface area is 83.0 Å². The summed E-state index contributed by atoms with van der Waals surface area (Å²) in [5.41, 5.74) is 0. The fraction of sp³-hybridized carbons (Fsp3) is 0.800. The maximum absolute atomic E-state index is 12.4. The van der Waals surface area contributed by atoms with Crippen LogP contribution >= 0.6 is 0 Å². The number of alkyl halides is 2. The van der Waals surface area contributed by atoms with Gasteiger partial charge in [-0.1, -0.05) is 0 Å². The summed E-state index contributed by atoms with van der Waals surface area (Å²) in [7, 11) is -6.16. The van der Waals surface area contributed by atoms with Gasteiger partial charge in [-0.3, -0.25) is 0 Å². The van der Waals surface area contributed by atoms with Gasteiger partial charge in [-0.15, -0.1) is 0 Å². The Kier molecular flexibility index (Phi) is 4.52. The van der Waals surface area contributed by atoms with Gasteiger partial charge in [-0.25, -0.2) is 13.2 Å². The van der Waals surface area contributed by atoms with Crippen LogP contribution in [0.5, 0.6) is 0 Å². The molecule has 0 aliphatic rings. The zero-order chi connectivity index (χ0) is 12.3. The molecule has 0 aromatic carbocycles. The lowest BCUT2D eigenvalue weighted by molar-refractivity contribution is -0.165. The van der Waals surface area contributed by atoms with Gasteiger partial charge in [0.2, 0.25) is 0 Å². The Hall–Kier alpha value is -0.840. The number of hydrogen-bond acceptors (Lipinski definition) is 7. The third kappa shape index (κ3) is 3.66. The van der Waals surface area contributed by atoms with Gasteiger partial charge >= 0.3 is 11.2 Å². The van der Waals surface area contributed by atoms with Crippen molar-refractivity contribution in [2.75, 3.05) is 13.2 Å². The van der Waals surface area contributed by atoms with Crippen molar-refractivity contribution >= 4 is 16.1 Å². The lowest BCUT2D eigenvalue weighted by atomic mass is 10.4. The van der Waals surface area contributed by atoms with Crippen molar-refractivity contribution in [3.63, 3.8) is 0 Å². The average molecular weight is 249 g/mol. The Morgan fingerprint density at radius 3 is 2.33 bits per heavy atom. The molecule has 1 unspecified atom stereocenters. The second-order valence-corrected chi connectivity index (χ2v) is 3.83. The number of hydrogen-bond donors (Lipinski definition) is 2. The van der Waals surface area contributed by atoms with E-state index >= 15 is 0 Å². The standard InChI is InChI=1S/C5H8F2O7S/c6-5(7,15(11,12)13)4(10)14-2-3(9)1-8/h3,8-9H,1-2H2,(H,11,12,13)/p-1. The minimum atomic E-state index is -6.16. The number of aliphatic hydroxyl groups excluding tert-OH is 2. The highest BCUT2D eigenvalue weighted by Gasteiger charge is 2.48. The monoisotopic (exact) mass is 249 g/mol. The Morgan fingerprint density at radius 1 is 1.53 bits per heavy atom. The van der Waals surface area contributed by atoms with Gasteiger partial charge in [0.1, 0.15) is 12.7 Å². The third-order valence-corrected chi connectivity index (χ3v) is 1.96. The van der Waals surface area contributed by atoms with Crippen molar-refractivity contribution < 1.29 is 41.5 Å². The van der Waals surface area contributed by atoms with E-state index in [4.69, 9.17) is 10.2 Å².